The molecule has 0 saturated carbocycles. The van der Waals surface area contributed by atoms with E-state index in [-0.39, 0.29) is 23.7 Å². The number of rotatable bonds is 6. The summed E-state index contributed by atoms with van der Waals surface area (Å²) in [4.78, 5) is 14.1. The van der Waals surface area contributed by atoms with E-state index < -0.39 is 0 Å². The summed E-state index contributed by atoms with van der Waals surface area (Å²) in [5, 5.41) is 12.3. The molecule has 122 valence electrons. The Bertz CT molecular complexity index is 492. The molecule has 1 aliphatic heterocycles. The highest BCUT2D eigenvalue weighted by Crippen LogP contribution is 2.28. The van der Waals surface area contributed by atoms with Gasteiger partial charge in [-0.3, -0.25) is 9.69 Å². The van der Waals surface area contributed by atoms with Crippen molar-refractivity contribution in [2.45, 2.75) is 26.2 Å². The van der Waals surface area contributed by atoms with Crippen LogP contribution < -0.4 is 5.32 Å². The molecule has 1 aliphatic rings. The standard InChI is InChI=1S/C17H25FN2O2/c1-17(13-21)8-2-10-20(12-17)11-16(22)19-9-7-14-3-5-15(18)6-4-14/h3-6,21H,2,7-13H2,1H3,(H,19,22). The number of likely N-dealkylation sites (tertiary alicyclic amines) is 1. The zero-order chi connectivity index (χ0) is 16.0. The Kier molecular flexibility index (Phi) is 5.91. The van der Waals surface area contributed by atoms with Crippen molar-refractivity contribution in [2.24, 2.45) is 5.41 Å². The normalized spacial score (nSPS) is 22.5. The average Bonchev–Trinajstić information content (AvgIpc) is 2.49. The monoisotopic (exact) mass is 308 g/mol. The highest BCUT2D eigenvalue weighted by atomic mass is 19.1. The van der Waals surface area contributed by atoms with E-state index in [9.17, 15) is 14.3 Å². The third-order valence-corrected chi connectivity index (χ3v) is 4.26. The number of nitrogens with zero attached hydrogens (tertiary/aromatic N) is 1. The quantitative estimate of drug-likeness (QED) is 0.839. The van der Waals surface area contributed by atoms with Crippen LogP contribution in [0.15, 0.2) is 24.3 Å². The summed E-state index contributed by atoms with van der Waals surface area (Å²) in [6, 6.07) is 6.33. The van der Waals surface area contributed by atoms with Crippen molar-refractivity contribution in [1.82, 2.24) is 10.2 Å². The highest BCUT2D eigenvalue weighted by molar-refractivity contribution is 5.78. The van der Waals surface area contributed by atoms with Crippen molar-refractivity contribution >= 4 is 5.91 Å². The van der Waals surface area contributed by atoms with Crippen molar-refractivity contribution in [1.29, 1.82) is 0 Å². The molecule has 2 N–H and O–H groups in total. The van der Waals surface area contributed by atoms with Gasteiger partial charge in [0.25, 0.3) is 0 Å². The largest absolute Gasteiger partial charge is 0.396 e. The van der Waals surface area contributed by atoms with Crippen LogP contribution in [0.4, 0.5) is 4.39 Å². The number of hydrogen-bond acceptors (Lipinski definition) is 3. The Morgan fingerprint density at radius 1 is 1.41 bits per heavy atom. The molecule has 0 spiro atoms. The van der Waals surface area contributed by atoms with E-state index in [0.29, 0.717) is 19.5 Å². The third-order valence-electron chi connectivity index (χ3n) is 4.26. The maximum atomic E-state index is 12.8. The van der Waals surface area contributed by atoms with E-state index in [1.165, 1.54) is 12.1 Å². The summed E-state index contributed by atoms with van der Waals surface area (Å²) in [5.74, 6) is -0.242. The fourth-order valence-corrected chi connectivity index (χ4v) is 2.95. The zero-order valence-corrected chi connectivity index (χ0v) is 13.1. The van der Waals surface area contributed by atoms with Crippen molar-refractivity contribution < 1.29 is 14.3 Å². The van der Waals surface area contributed by atoms with Gasteiger partial charge in [0, 0.05) is 25.1 Å². The van der Waals surface area contributed by atoms with Crippen LogP contribution >= 0.6 is 0 Å². The molecule has 1 unspecified atom stereocenters. The van der Waals surface area contributed by atoms with Crippen LogP contribution in [0.25, 0.3) is 0 Å². The summed E-state index contributed by atoms with van der Waals surface area (Å²) < 4.78 is 12.8. The number of piperidine rings is 1. The topological polar surface area (TPSA) is 52.6 Å². The summed E-state index contributed by atoms with van der Waals surface area (Å²) in [6.45, 7) is 4.81. The van der Waals surface area contributed by atoms with Crippen molar-refractivity contribution in [3.05, 3.63) is 35.6 Å². The molecule has 1 heterocycles. The molecular formula is C17H25FN2O2. The van der Waals surface area contributed by atoms with Crippen molar-refractivity contribution in [3.8, 4) is 0 Å². The van der Waals surface area contributed by atoms with Gasteiger partial charge in [-0.1, -0.05) is 19.1 Å². The Labute approximate surface area is 131 Å². The molecule has 0 bridgehead atoms. The predicted octanol–water partition coefficient (Wildman–Crippen LogP) is 1.58. The summed E-state index contributed by atoms with van der Waals surface area (Å²) in [5.41, 5.74) is 0.916. The van der Waals surface area contributed by atoms with Crippen LogP contribution in [0.1, 0.15) is 25.3 Å². The molecule has 1 aromatic carbocycles. The van der Waals surface area contributed by atoms with Gasteiger partial charge in [0.15, 0.2) is 0 Å². The first-order valence-corrected chi connectivity index (χ1v) is 7.85. The van der Waals surface area contributed by atoms with Gasteiger partial charge in [-0.25, -0.2) is 4.39 Å². The van der Waals surface area contributed by atoms with E-state index >= 15 is 0 Å². The highest BCUT2D eigenvalue weighted by Gasteiger charge is 2.30. The number of halogens is 1. The molecule has 0 radical (unpaired) electrons. The number of hydrogen-bond donors (Lipinski definition) is 2. The number of carbonyl (C=O) groups is 1. The number of benzene rings is 1. The third kappa shape index (κ3) is 5.07. The number of nitrogens with one attached hydrogen (secondary N) is 1. The van der Waals surface area contributed by atoms with E-state index in [4.69, 9.17) is 0 Å². The molecule has 1 atom stereocenters. The minimum absolute atomic E-state index is 0.00398. The lowest BCUT2D eigenvalue weighted by atomic mass is 9.83. The molecule has 4 nitrogen and oxygen atoms in total. The lowest BCUT2D eigenvalue weighted by Crippen LogP contribution is -2.47. The minimum Gasteiger partial charge on any atom is -0.396 e. The van der Waals surface area contributed by atoms with Gasteiger partial charge >= 0.3 is 0 Å². The molecule has 1 fully saturated rings. The smallest absolute Gasteiger partial charge is 0.234 e. The van der Waals surface area contributed by atoms with Gasteiger partial charge < -0.3 is 10.4 Å². The van der Waals surface area contributed by atoms with Gasteiger partial charge in [-0.15, -0.1) is 0 Å². The van der Waals surface area contributed by atoms with Gasteiger partial charge in [0.05, 0.1) is 6.54 Å². The predicted molar refractivity (Wildman–Crippen MR) is 84.0 cm³/mol. The summed E-state index contributed by atoms with van der Waals surface area (Å²) in [6.07, 6.45) is 2.71. The van der Waals surface area contributed by atoms with Gasteiger partial charge in [-0.2, -0.15) is 0 Å². The number of amides is 1. The van der Waals surface area contributed by atoms with Crippen LogP contribution in [-0.4, -0.2) is 48.7 Å². The molecule has 1 aromatic rings. The second-order valence-corrected chi connectivity index (χ2v) is 6.51. The molecule has 5 heteroatoms. The van der Waals surface area contributed by atoms with Crippen LogP contribution in [0.2, 0.25) is 0 Å². The van der Waals surface area contributed by atoms with Crippen molar-refractivity contribution in [2.75, 3.05) is 32.8 Å². The molecule has 0 aromatic heterocycles. The molecule has 22 heavy (non-hydrogen) atoms. The fraction of sp³-hybridized carbons (Fsp3) is 0.588. The lowest BCUT2D eigenvalue weighted by Gasteiger charge is -2.38. The summed E-state index contributed by atoms with van der Waals surface area (Å²) in [7, 11) is 0. The molecule has 2 rings (SSSR count). The first-order valence-electron chi connectivity index (χ1n) is 7.85. The van der Waals surface area contributed by atoms with Crippen LogP contribution in [-0.2, 0) is 11.2 Å². The average molecular weight is 308 g/mol. The summed E-state index contributed by atoms with van der Waals surface area (Å²) >= 11 is 0. The molecule has 1 amide bonds. The Morgan fingerprint density at radius 2 is 2.14 bits per heavy atom. The molecular weight excluding hydrogens is 283 g/mol. The van der Waals surface area contributed by atoms with Crippen LogP contribution in [0.3, 0.4) is 0 Å². The SMILES string of the molecule is CC1(CO)CCCN(CC(=O)NCCc2ccc(F)cc2)C1. The Hall–Kier alpha value is -1.46. The van der Waals surface area contributed by atoms with E-state index in [0.717, 1.165) is 31.5 Å². The molecule has 0 aliphatic carbocycles. The second kappa shape index (κ2) is 7.70. The van der Waals surface area contributed by atoms with Gasteiger partial charge in [0.2, 0.25) is 5.91 Å². The van der Waals surface area contributed by atoms with E-state index in [2.05, 4.69) is 17.1 Å². The second-order valence-electron chi connectivity index (χ2n) is 6.51. The van der Waals surface area contributed by atoms with Crippen LogP contribution in [0, 0.1) is 11.2 Å². The maximum Gasteiger partial charge on any atom is 0.234 e. The Morgan fingerprint density at radius 3 is 2.82 bits per heavy atom. The van der Waals surface area contributed by atoms with Crippen LogP contribution in [0.5, 0.6) is 0 Å². The number of aliphatic hydroxyl groups is 1. The van der Waals surface area contributed by atoms with Crippen molar-refractivity contribution in [3.63, 3.8) is 0 Å². The van der Waals surface area contributed by atoms with E-state index in [1.807, 2.05) is 0 Å². The number of aliphatic hydroxyl groups excluding tert-OH is 1. The fourth-order valence-electron chi connectivity index (χ4n) is 2.95. The first-order chi connectivity index (χ1) is 10.5. The first kappa shape index (κ1) is 16.9. The number of carbonyl (C=O) groups excluding carboxylic acids is 1. The zero-order valence-electron chi connectivity index (χ0n) is 13.1. The van der Waals surface area contributed by atoms with E-state index in [1.54, 1.807) is 12.1 Å². The molecule has 1 saturated heterocycles. The van der Waals surface area contributed by atoms with Gasteiger partial charge in [-0.05, 0) is 43.5 Å². The minimum atomic E-state index is -0.246. The van der Waals surface area contributed by atoms with Gasteiger partial charge in [0.1, 0.15) is 5.82 Å². The Balaban J connectivity index is 1.70. The maximum absolute atomic E-state index is 12.8. The lowest BCUT2D eigenvalue weighted by molar-refractivity contribution is -0.123.